The van der Waals surface area contributed by atoms with Gasteiger partial charge in [0.05, 0.1) is 0 Å². The molecule has 0 saturated carbocycles. The number of nitrogens with zero attached hydrogens (tertiary/aromatic N) is 2. The first-order valence-corrected chi connectivity index (χ1v) is 5.75. The molecule has 82 valence electrons. The van der Waals surface area contributed by atoms with Gasteiger partial charge in [0.15, 0.2) is 0 Å². The maximum atomic E-state index is 2.59. The smallest absolute Gasteiger partial charge is 0.0110 e. The average Bonchev–Trinajstić information content (AvgIpc) is 2.21. The fourth-order valence-electron chi connectivity index (χ4n) is 1.80. The Bertz CT molecular complexity index is 179. The molecule has 0 aromatic heterocycles. The molecule has 1 aliphatic rings. The van der Waals surface area contributed by atoms with E-state index in [-0.39, 0.29) is 0 Å². The Kier molecular flexibility index (Phi) is 5.20. The minimum absolute atomic E-state index is 1.24. The van der Waals surface area contributed by atoms with Crippen LogP contribution in [0.25, 0.3) is 0 Å². The van der Waals surface area contributed by atoms with Crippen LogP contribution in [-0.4, -0.2) is 49.6 Å². The lowest BCUT2D eigenvalue weighted by molar-refractivity contribution is 0.153. The lowest BCUT2D eigenvalue weighted by atomic mass is 10.1. The molecular weight excluding hydrogens is 172 g/mol. The molecular formula is C12H24N2. The van der Waals surface area contributed by atoms with Crippen molar-refractivity contribution in [3.8, 4) is 0 Å². The predicted octanol–water partition coefficient (Wildman–Crippen LogP) is 1.98. The van der Waals surface area contributed by atoms with Crippen molar-refractivity contribution < 1.29 is 0 Å². The summed E-state index contributed by atoms with van der Waals surface area (Å²) in [6.45, 7) is 10.6. The summed E-state index contributed by atoms with van der Waals surface area (Å²) < 4.78 is 0. The van der Waals surface area contributed by atoms with Crippen molar-refractivity contribution in [2.45, 2.75) is 26.7 Å². The Morgan fingerprint density at radius 3 is 2.43 bits per heavy atom. The third-order valence-electron chi connectivity index (χ3n) is 3.13. The SMILES string of the molecule is C/C=C(/C)CCCN1CCN(C)CC1. The number of rotatable bonds is 4. The maximum absolute atomic E-state index is 2.59. The molecule has 0 unspecified atom stereocenters. The lowest BCUT2D eigenvalue weighted by Gasteiger charge is -2.32. The second kappa shape index (κ2) is 6.20. The molecule has 0 bridgehead atoms. The minimum Gasteiger partial charge on any atom is -0.304 e. The molecule has 2 heteroatoms. The molecule has 0 amide bonds. The first-order chi connectivity index (χ1) is 6.72. The quantitative estimate of drug-likeness (QED) is 0.634. The van der Waals surface area contributed by atoms with E-state index in [2.05, 4.69) is 36.8 Å². The van der Waals surface area contributed by atoms with Crippen molar-refractivity contribution in [2.75, 3.05) is 39.8 Å². The molecule has 1 rings (SSSR count). The van der Waals surface area contributed by atoms with Crippen molar-refractivity contribution in [1.82, 2.24) is 9.80 Å². The van der Waals surface area contributed by atoms with Crippen molar-refractivity contribution in [1.29, 1.82) is 0 Å². The van der Waals surface area contributed by atoms with Crippen molar-refractivity contribution in [2.24, 2.45) is 0 Å². The van der Waals surface area contributed by atoms with Gasteiger partial charge in [-0.2, -0.15) is 0 Å². The van der Waals surface area contributed by atoms with Crippen LogP contribution in [0, 0.1) is 0 Å². The van der Waals surface area contributed by atoms with Crippen LogP contribution in [0.5, 0.6) is 0 Å². The van der Waals surface area contributed by atoms with Gasteiger partial charge in [-0.15, -0.1) is 0 Å². The van der Waals surface area contributed by atoms with Crippen LogP contribution in [0.4, 0.5) is 0 Å². The molecule has 2 nitrogen and oxygen atoms in total. The van der Waals surface area contributed by atoms with Gasteiger partial charge in [-0.05, 0) is 40.3 Å². The van der Waals surface area contributed by atoms with E-state index in [0.29, 0.717) is 0 Å². The van der Waals surface area contributed by atoms with Gasteiger partial charge in [-0.1, -0.05) is 11.6 Å². The van der Waals surface area contributed by atoms with E-state index in [4.69, 9.17) is 0 Å². The van der Waals surface area contributed by atoms with Gasteiger partial charge >= 0.3 is 0 Å². The lowest BCUT2D eigenvalue weighted by Crippen LogP contribution is -2.44. The van der Waals surface area contributed by atoms with E-state index in [1.807, 2.05) is 0 Å². The summed E-state index contributed by atoms with van der Waals surface area (Å²) in [5.74, 6) is 0. The molecule has 1 heterocycles. The van der Waals surface area contributed by atoms with Gasteiger partial charge < -0.3 is 9.80 Å². The highest BCUT2D eigenvalue weighted by Gasteiger charge is 2.12. The summed E-state index contributed by atoms with van der Waals surface area (Å²) in [6.07, 6.45) is 4.81. The van der Waals surface area contributed by atoms with Gasteiger partial charge in [0, 0.05) is 26.2 Å². The minimum atomic E-state index is 1.24. The van der Waals surface area contributed by atoms with Crippen molar-refractivity contribution in [3.63, 3.8) is 0 Å². The van der Waals surface area contributed by atoms with E-state index in [1.165, 1.54) is 51.1 Å². The average molecular weight is 196 g/mol. The van der Waals surface area contributed by atoms with E-state index in [1.54, 1.807) is 0 Å². The molecule has 0 aliphatic carbocycles. The Morgan fingerprint density at radius 2 is 1.86 bits per heavy atom. The number of piperazine rings is 1. The summed E-state index contributed by atoms with van der Waals surface area (Å²) in [4.78, 5) is 5.00. The zero-order chi connectivity index (χ0) is 10.4. The molecule has 1 saturated heterocycles. The molecule has 1 aliphatic heterocycles. The van der Waals surface area contributed by atoms with Gasteiger partial charge in [-0.3, -0.25) is 0 Å². The molecule has 0 aromatic rings. The van der Waals surface area contributed by atoms with Crippen LogP contribution >= 0.6 is 0 Å². The number of hydrogen-bond acceptors (Lipinski definition) is 2. The standard InChI is InChI=1S/C12H24N2/c1-4-12(2)6-5-7-14-10-8-13(3)9-11-14/h4H,5-11H2,1-3H3/b12-4-. The molecule has 0 radical (unpaired) electrons. The molecule has 1 fully saturated rings. The van der Waals surface area contributed by atoms with Gasteiger partial charge in [0.25, 0.3) is 0 Å². The first-order valence-electron chi connectivity index (χ1n) is 5.75. The Hall–Kier alpha value is -0.340. The van der Waals surface area contributed by atoms with E-state index in [9.17, 15) is 0 Å². The second-order valence-corrected chi connectivity index (χ2v) is 4.38. The van der Waals surface area contributed by atoms with Gasteiger partial charge in [0.2, 0.25) is 0 Å². The first kappa shape index (κ1) is 11.7. The number of likely N-dealkylation sites (N-methyl/N-ethyl adjacent to an activating group) is 1. The fraction of sp³-hybridized carbons (Fsp3) is 0.833. The highest BCUT2D eigenvalue weighted by molar-refractivity contribution is 4.95. The molecule has 0 spiro atoms. The largest absolute Gasteiger partial charge is 0.304 e. The van der Waals surface area contributed by atoms with Crippen LogP contribution in [0.2, 0.25) is 0 Å². The van der Waals surface area contributed by atoms with Crippen molar-refractivity contribution >= 4 is 0 Å². The summed E-state index contributed by atoms with van der Waals surface area (Å²) in [5.41, 5.74) is 1.53. The van der Waals surface area contributed by atoms with Crippen molar-refractivity contribution in [3.05, 3.63) is 11.6 Å². The Morgan fingerprint density at radius 1 is 1.21 bits per heavy atom. The highest BCUT2D eigenvalue weighted by Crippen LogP contribution is 2.06. The topological polar surface area (TPSA) is 6.48 Å². The normalized spacial score (nSPS) is 21.5. The van der Waals surface area contributed by atoms with E-state index < -0.39 is 0 Å². The fourth-order valence-corrected chi connectivity index (χ4v) is 1.80. The van der Waals surface area contributed by atoms with Crippen LogP contribution in [0.3, 0.4) is 0 Å². The highest BCUT2D eigenvalue weighted by atomic mass is 15.2. The van der Waals surface area contributed by atoms with Crippen LogP contribution < -0.4 is 0 Å². The number of hydrogen-bond donors (Lipinski definition) is 0. The predicted molar refractivity (Wildman–Crippen MR) is 62.6 cm³/mol. The van der Waals surface area contributed by atoms with E-state index in [0.717, 1.165) is 0 Å². The Balaban J connectivity index is 2.07. The van der Waals surface area contributed by atoms with E-state index >= 15 is 0 Å². The number of allylic oxidation sites excluding steroid dienone is 2. The van der Waals surface area contributed by atoms with Gasteiger partial charge in [0.1, 0.15) is 0 Å². The van der Waals surface area contributed by atoms with Crippen LogP contribution in [-0.2, 0) is 0 Å². The van der Waals surface area contributed by atoms with Crippen LogP contribution in [0.1, 0.15) is 26.7 Å². The summed E-state index contributed by atoms with van der Waals surface area (Å²) in [5, 5.41) is 0. The maximum Gasteiger partial charge on any atom is 0.0110 e. The van der Waals surface area contributed by atoms with Crippen LogP contribution in [0.15, 0.2) is 11.6 Å². The third kappa shape index (κ3) is 4.25. The zero-order valence-electron chi connectivity index (χ0n) is 9.92. The molecule has 0 N–H and O–H groups in total. The summed E-state index contributed by atoms with van der Waals surface area (Å²) in [6, 6.07) is 0. The summed E-state index contributed by atoms with van der Waals surface area (Å²) in [7, 11) is 2.21. The third-order valence-corrected chi connectivity index (χ3v) is 3.13. The zero-order valence-corrected chi connectivity index (χ0v) is 9.92. The summed E-state index contributed by atoms with van der Waals surface area (Å²) >= 11 is 0. The Labute approximate surface area is 88.6 Å². The molecule has 0 aromatic carbocycles. The monoisotopic (exact) mass is 196 g/mol. The van der Waals surface area contributed by atoms with Gasteiger partial charge in [-0.25, -0.2) is 0 Å². The second-order valence-electron chi connectivity index (χ2n) is 4.38. The molecule has 0 atom stereocenters. The molecule has 14 heavy (non-hydrogen) atoms.